The summed E-state index contributed by atoms with van der Waals surface area (Å²) in [5.74, 6) is 1.02. The van der Waals surface area contributed by atoms with Gasteiger partial charge in [0.2, 0.25) is 11.8 Å². The average molecular weight is 289 g/mol. The Balaban J connectivity index is 2.09. The van der Waals surface area contributed by atoms with Crippen molar-refractivity contribution in [2.24, 2.45) is 0 Å². The molecule has 2 aromatic heterocycles. The first-order chi connectivity index (χ1) is 9.67. The van der Waals surface area contributed by atoms with Gasteiger partial charge in [0.1, 0.15) is 16.4 Å². The fourth-order valence-corrected chi connectivity index (χ4v) is 2.56. The van der Waals surface area contributed by atoms with Crippen molar-refractivity contribution in [3.8, 4) is 11.6 Å². The number of ether oxygens (including phenoxy) is 1. The fourth-order valence-electron chi connectivity index (χ4n) is 1.81. The highest BCUT2D eigenvalue weighted by molar-refractivity contribution is 7.16. The van der Waals surface area contributed by atoms with E-state index in [1.165, 1.54) is 23.5 Å². The molecule has 0 spiro atoms. The van der Waals surface area contributed by atoms with Gasteiger partial charge in [0.25, 0.3) is 0 Å². The van der Waals surface area contributed by atoms with Gasteiger partial charge >= 0.3 is 0 Å². The Morgan fingerprint density at radius 2 is 2.10 bits per heavy atom. The molecule has 3 aromatic rings. The van der Waals surface area contributed by atoms with Crippen LogP contribution in [0.2, 0.25) is 0 Å². The standard InChI is InChI=1S/C14H12FN3OS/c1-8-3-4-9(15)7-11(8)19-12-10-5-6-20-13(10)18-14(16-2)17-12/h3-7H,1-2H3,(H,16,17,18). The molecule has 20 heavy (non-hydrogen) atoms. The van der Waals surface area contributed by atoms with Crippen LogP contribution in [0, 0.1) is 12.7 Å². The highest BCUT2D eigenvalue weighted by Crippen LogP contribution is 2.32. The first-order valence-corrected chi connectivity index (χ1v) is 6.92. The normalized spacial score (nSPS) is 10.8. The van der Waals surface area contributed by atoms with Crippen molar-refractivity contribution >= 4 is 27.5 Å². The summed E-state index contributed by atoms with van der Waals surface area (Å²) in [4.78, 5) is 9.46. The lowest BCUT2D eigenvalue weighted by Crippen LogP contribution is -1.99. The quantitative estimate of drug-likeness (QED) is 0.792. The monoisotopic (exact) mass is 289 g/mol. The molecular weight excluding hydrogens is 277 g/mol. The van der Waals surface area contributed by atoms with Gasteiger partial charge in [-0.15, -0.1) is 11.3 Å². The number of fused-ring (bicyclic) bond motifs is 1. The number of hydrogen-bond acceptors (Lipinski definition) is 5. The summed E-state index contributed by atoms with van der Waals surface area (Å²) in [6.07, 6.45) is 0. The maximum Gasteiger partial charge on any atom is 0.232 e. The number of halogens is 1. The summed E-state index contributed by atoms with van der Waals surface area (Å²) in [6, 6.07) is 6.33. The smallest absolute Gasteiger partial charge is 0.232 e. The Kier molecular flexibility index (Phi) is 3.23. The molecule has 0 atom stereocenters. The molecule has 0 aliphatic rings. The minimum Gasteiger partial charge on any atom is -0.438 e. The van der Waals surface area contributed by atoms with Gasteiger partial charge in [-0.1, -0.05) is 6.07 Å². The van der Waals surface area contributed by atoms with E-state index < -0.39 is 0 Å². The average Bonchev–Trinajstić information content (AvgIpc) is 2.91. The van der Waals surface area contributed by atoms with Crippen LogP contribution in [-0.2, 0) is 0 Å². The summed E-state index contributed by atoms with van der Waals surface area (Å²) in [5.41, 5.74) is 0.847. The minimum absolute atomic E-state index is 0.338. The zero-order valence-corrected chi connectivity index (χ0v) is 11.8. The van der Waals surface area contributed by atoms with E-state index in [9.17, 15) is 4.39 Å². The first-order valence-electron chi connectivity index (χ1n) is 6.04. The van der Waals surface area contributed by atoms with E-state index in [0.717, 1.165) is 15.8 Å². The molecule has 4 nitrogen and oxygen atoms in total. The molecule has 0 fully saturated rings. The molecule has 6 heteroatoms. The lowest BCUT2D eigenvalue weighted by molar-refractivity contribution is 0.460. The fraction of sp³-hybridized carbons (Fsp3) is 0.143. The van der Waals surface area contributed by atoms with Crippen molar-refractivity contribution in [1.82, 2.24) is 9.97 Å². The summed E-state index contributed by atoms with van der Waals surface area (Å²) in [5, 5.41) is 5.63. The Bertz CT molecular complexity index is 772. The van der Waals surface area contributed by atoms with E-state index in [4.69, 9.17) is 4.74 Å². The lowest BCUT2D eigenvalue weighted by atomic mass is 10.2. The molecule has 2 heterocycles. The number of rotatable bonds is 3. The Morgan fingerprint density at radius 3 is 2.90 bits per heavy atom. The molecule has 1 N–H and O–H groups in total. The molecule has 0 saturated carbocycles. The van der Waals surface area contributed by atoms with Crippen LogP contribution in [0.3, 0.4) is 0 Å². The number of nitrogens with one attached hydrogen (secondary N) is 1. The molecular formula is C14H12FN3OS. The van der Waals surface area contributed by atoms with Gasteiger partial charge < -0.3 is 10.1 Å². The predicted octanol–water partition coefficient (Wildman–Crippen LogP) is 3.97. The number of benzene rings is 1. The molecule has 0 aliphatic carbocycles. The van der Waals surface area contributed by atoms with E-state index in [1.807, 2.05) is 18.4 Å². The maximum atomic E-state index is 13.3. The van der Waals surface area contributed by atoms with E-state index in [1.54, 1.807) is 13.1 Å². The van der Waals surface area contributed by atoms with Gasteiger partial charge in [0.15, 0.2) is 0 Å². The molecule has 0 saturated heterocycles. The lowest BCUT2D eigenvalue weighted by Gasteiger charge is -2.09. The van der Waals surface area contributed by atoms with Gasteiger partial charge in [-0.25, -0.2) is 9.37 Å². The van der Waals surface area contributed by atoms with Gasteiger partial charge in [-0.3, -0.25) is 0 Å². The molecule has 0 unspecified atom stereocenters. The maximum absolute atomic E-state index is 13.3. The molecule has 0 aliphatic heterocycles. The second-order valence-corrected chi connectivity index (χ2v) is 5.15. The van der Waals surface area contributed by atoms with Crippen molar-refractivity contribution in [2.45, 2.75) is 6.92 Å². The third-order valence-electron chi connectivity index (χ3n) is 2.87. The molecule has 0 bridgehead atoms. The van der Waals surface area contributed by atoms with Crippen LogP contribution in [0.5, 0.6) is 11.6 Å². The van der Waals surface area contributed by atoms with Crippen LogP contribution in [0.25, 0.3) is 10.2 Å². The summed E-state index contributed by atoms with van der Waals surface area (Å²) < 4.78 is 19.1. The number of nitrogens with zero attached hydrogens (tertiary/aromatic N) is 2. The van der Waals surface area contributed by atoms with Gasteiger partial charge in [0, 0.05) is 13.1 Å². The van der Waals surface area contributed by atoms with Crippen molar-refractivity contribution < 1.29 is 9.13 Å². The first kappa shape index (κ1) is 12.8. The zero-order chi connectivity index (χ0) is 14.1. The van der Waals surface area contributed by atoms with Crippen LogP contribution in [-0.4, -0.2) is 17.0 Å². The second-order valence-electron chi connectivity index (χ2n) is 4.25. The Labute approximate surface area is 119 Å². The van der Waals surface area contributed by atoms with Crippen LogP contribution in [0.1, 0.15) is 5.56 Å². The predicted molar refractivity (Wildman–Crippen MR) is 78.2 cm³/mol. The van der Waals surface area contributed by atoms with Crippen LogP contribution >= 0.6 is 11.3 Å². The van der Waals surface area contributed by atoms with E-state index in [2.05, 4.69) is 15.3 Å². The number of aromatic nitrogens is 2. The molecule has 1 aromatic carbocycles. The van der Waals surface area contributed by atoms with E-state index in [0.29, 0.717) is 17.6 Å². The van der Waals surface area contributed by atoms with Crippen molar-refractivity contribution in [3.63, 3.8) is 0 Å². The second kappa shape index (κ2) is 5.05. The zero-order valence-electron chi connectivity index (χ0n) is 11.0. The summed E-state index contributed by atoms with van der Waals surface area (Å²) in [6.45, 7) is 1.86. The third-order valence-corrected chi connectivity index (χ3v) is 3.68. The number of hydrogen-bond donors (Lipinski definition) is 1. The highest BCUT2D eigenvalue weighted by atomic mass is 32.1. The molecule has 3 rings (SSSR count). The number of aryl methyl sites for hydroxylation is 1. The van der Waals surface area contributed by atoms with Gasteiger partial charge in [-0.2, -0.15) is 4.98 Å². The van der Waals surface area contributed by atoms with Crippen molar-refractivity contribution in [3.05, 3.63) is 41.0 Å². The number of thiophene rings is 1. The van der Waals surface area contributed by atoms with E-state index in [-0.39, 0.29) is 5.82 Å². The van der Waals surface area contributed by atoms with Crippen molar-refractivity contribution in [2.75, 3.05) is 12.4 Å². The van der Waals surface area contributed by atoms with Crippen LogP contribution in [0.15, 0.2) is 29.6 Å². The topological polar surface area (TPSA) is 47.0 Å². The third kappa shape index (κ3) is 2.30. The summed E-state index contributed by atoms with van der Waals surface area (Å²) >= 11 is 1.50. The minimum atomic E-state index is -0.338. The van der Waals surface area contributed by atoms with Crippen molar-refractivity contribution in [1.29, 1.82) is 0 Å². The Morgan fingerprint density at radius 1 is 1.25 bits per heavy atom. The van der Waals surface area contributed by atoms with Gasteiger partial charge in [-0.05, 0) is 30.0 Å². The largest absolute Gasteiger partial charge is 0.438 e. The summed E-state index contributed by atoms with van der Waals surface area (Å²) in [7, 11) is 1.74. The highest BCUT2D eigenvalue weighted by Gasteiger charge is 2.12. The van der Waals surface area contributed by atoms with Crippen LogP contribution < -0.4 is 10.1 Å². The number of anilines is 1. The van der Waals surface area contributed by atoms with Gasteiger partial charge in [0.05, 0.1) is 5.39 Å². The Hall–Kier alpha value is -2.21. The molecule has 102 valence electrons. The SMILES string of the molecule is CNc1nc(Oc2cc(F)ccc2C)c2ccsc2n1. The molecule has 0 amide bonds. The van der Waals surface area contributed by atoms with E-state index >= 15 is 0 Å². The molecule has 0 radical (unpaired) electrons. The van der Waals surface area contributed by atoms with Crippen LogP contribution in [0.4, 0.5) is 10.3 Å².